The molecule has 0 spiro atoms. The number of carbonyl (C=O) groups is 1. The Labute approximate surface area is 100 Å². The molecule has 0 aromatic heterocycles. The molecule has 0 bridgehead atoms. The van der Waals surface area contributed by atoms with Crippen LogP contribution < -0.4 is 5.32 Å². The van der Waals surface area contributed by atoms with E-state index in [2.05, 4.69) is 5.32 Å². The van der Waals surface area contributed by atoms with Gasteiger partial charge in [-0.25, -0.2) is 0 Å². The SMILES string of the molecule is CC(=O)N1CCC(NCC(C)S(C)=O)CC1. The quantitative estimate of drug-likeness (QED) is 0.779. The monoisotopic (exact) mass is 246 g/mol. The molecule has 1 aliphatic heterocycles. The Kier molecular flexibility index (Phi) is 5.41. The maximum Gasteiger partial charge on any atom is 0.219 e. The lowest BCUT2D eigenvalue weighted by atomic mass is 10.1. The predicted octanol–water partition coefficient (Wildman–Crippen LogP) is 0.354. The van der Waals surface area contributed by atoms with Crippen LogP contribution in [-0.4, -0.2) is 52.2 Å². The van der Waals surface area contributed by atoms with Crippen LogP contribution in [0.4, 0.5) is 0 Å². The average molecular weight is 246 g/mol. The van der Waals surface area contributed by atoms with Crippen LogP contribution in [0.2, 0.25) is 0 Å². The summed E-state index contributed by atoms with van der Waals surface area (Å²) in [6, 6.07) is 0.474. The van der Waals surface area contributed by atoms with Gasteiger partial charge in [0.1, 0.15) is 0 Å². The van der Waals surface area contributed by atoms with Gasteiger partial charge in [-0.2, -0.15) is 0 Å². The van der Waals surface area contributed by atoms with Gasteiger partial charge in [0.05, 0.1) is 0 Å². The van der Waals surface area contributed by atoms with Crippen molar-refractivity contribution in [2.75, 3.05) is 25.9 Å². The molecule has 2 atom stereocenters. The van der Waals surface area contributed by atoms with Crippen molar-refractivity contribution in [3.05, 3.63) is 0 Å². The number of nitrogens with one attached hydrogen (secondary N) is 1. The Morgan fingerprint density at radius 1 is 1.50 bits per heavy atom. The molecular weight excluding hydrogens is 224 g/mol. The van der Waals surface area contributed by atoms with E-state index < -0.39 is 10.8 Å². The topological polar surface area (TPSA) is 49.4 Å². The lowest BCUT2D eigenvalue weighted by Gasteiger charge is -2.32. The zero-order chi connectivity index (χ0) is 12.1. The van der Waals surface area contributed by atoms with Crippen LogP contribution in [-0.2, 0) is 15.6 Å². The smallest absolute Gasteiger partial charge is 0.219 e. The summed E-state index contributed by atoms with van der Waals surface area (Å²) >= 11 is 0. The Bertz CT molecular complexity index is 263. The zero-order valence-corrected chi connectivity index (χ0v) is 11.2. The normalized spacial score (nSPS) is 21.8. The third-order valence-corrected chi connectivity index (χ3v) is 4.50. The average Bonchev–Trinajstić information content (AvgIpc) is 2.26. The third kappa shape index (κ3) is 4.22. The second-order valence-electron chi connectivity index (χ2n) is 4.50. The Hall–Kier alpha value is -0.420. The van der Waals surface area contributed by atoms with E-state index in [4.69, 9.17) is 0 Å². The minimum atomic E-state index is -0.756. The lowest BCUT2D eigenvalue weighted by molar-refractivity contribution is -0.129. The highest BCUT2D eigenvalue weighted by Gasteiger charge is 2.20. The molecule has 1 saturated heterocycles. The molecule has 0 saturated carbocycles. The molecule has 1 aliphatic rings. The second-order valence-corrected chi connectivity index (χ2v) is 6.30. The summed E-state index contributed by atoms with van der Waals surface area (Å²) in [7, 11) is -0.756. The standard InChI is InChI=1S/C11H22N2O2S/c1-9(16(3)15)8-12-11-4-6-13(7-5-11)10(2)14/h9,11-12H,4-8H2,1-3H3. The van der Waals surface area contributed by atoms with Gasteiger partial charge in [0.2, 0.25) is 5.91 Å². The number of amides is 1. The van der Waals surface area contributed by atoms with Crippen molar-refractivity contribution in [1.29, 1.82) is 0 Å². The van der Waals surface area contributed by atoms with Crippen LogP contribution in [0.15, 0.2) is 0 Å². The summed E-state index contributed by atoms with van der Waals surface area (Å²) in [5, 5.41) is 3.63. The van der Waals surface area contributed by atoms with Crippen molar-refractivity contribution in [2.24, 2.45) is 0 Å². The molecule has 5 heteroatoms. The van der Waals surface area contributed by atoms with Gasteiger partial charge in [0.15, 0.2) is 0 Å². The molecular formula is C11H22N2O2S. The number of piperidine rings is 1. The van der Waals surface area contributed by atoms with E-state index in [0.29, 0.717) is 6.04 Å². The van der Waals surface area contributed by atoms with Crippen molar-refractivity contribution in [3.63, 3.8) is 0 Å². The fourth-order valence-electron chi connectivity index (χ4n) is 1.85. The molecule has 1 rings (SSSR count). The first-order valence-corrected chi connectivity index (χ1v) is 7.44. The number of likely N-dealkylation sites (tertiary alicyclic amines) is 1. The molecule has 4 nitrogen and oxygen atoms in total. The highest BCUT2D eigenvalue weighted by atomic mass is 32.2. The van der Waals surface area contributed by atoms with E-state index in [1.165, 1.54) is 0 Å². The number of hydrogen-bond donors (Lipinski definition) is 1. The first-order valence-electron chi connectivity index (χ1n) is 5.82. The van der Waals surface area contributed by atoms with Gasteiger partial charge in [-0.1, -0.05) is 0 Å². The van der Waals surface area contributed by atoms with Gasteiger partial charge >= 0.3 is 0 Å². The van der Waals surface area contributed by atoms with Crippen molar-refractivity contribution in [3.8, 4) is 0 Å². The largest absolute Gasteiger partial charge is 0.343 e. The predicted molar refractivity (Wildman–Crippen MR) is 66.8 cm³/mol. The summed E-state index contributed by atoms with van der Waals surface area (Å²) in [5.74, 6) is 0.168. The van der Waals surface area contributed by atoms with E-state index in [9.17, 15) is 9.00 Å². The van der Waals surface area contributed by atoms with E-state index in [-0.39, 0.29) is 11.2 Å². The molecule has 0 aliphatic carbocycles. The molecule has 0 radical (unpaired) electrons. The van der Waals surface area contributed by atoms with Crippen LogP contribution >= 0.6 is 0 Å². The van der Waals surface area contributed by atoms with Gasteiger partial charge in [0.25, 0.3) is 0 Å². The van der Waals surface area contributed by atoms with E-state index in [1.807, 2.05) is 11.8 Å². The molecule has 1 N–H and O–H groups in total. The third-order valence-electron chi connectivity index (χ3n) is 3.20. The molecule has 0 aromatic carbocycles. The van der Waals surface area contributed by atoms with Crippen molar-refractivity contribution in [2.45, 2.75) is 38.0 Å². The maximum atomic E-state index is 11.2. The first kappa shape index (κ1) is 13.6. The number of carbonyl (C=O) groups excluding carboxylic acids is 1. The highest BCUT2D eigenvalue weighted by molar-refractivity contribution is 7.84. The molecule has 1 heterocycles. The zero-order valence-electron chi connectivity index (χ0n) is 10.4. The van der Waals surface area contributed by atoms with Crippen LogP contribution in [0.1, 0.15) is 26.7 Å². The van der Waals surface area contributed by atoms with Gasteiger partial charge in [-0.3, -0.25) is 9.00 Å². The second kappa shape index (κ2) is 6.35. The van der Waals surface area contributed by atoms with Crippen LogP contribution in [0, 0.1) is 0 Å². The summed E-state index contributed by atoms with van der Waals surface area (Å²) < 4.78 is 11.2. The van der Waals surface area contributed by atoms with Crippen molar-refractivity contribution >= 4 is 16.7 Å². The Morgan fingerprint density at radius 3 is 2.50 bits per heavy atom. The van der Waals surface area contributed by atoms with E-state index in [0.717, 1.165) is 32.5 Å². The van der Waals surface area contributed by atoms with Crippen molar-refractivity contribution in [1.82, 2.24) is 10.2 Å². The maximum absolute atomic E-state index is 11.2. The summed E-state index contributed by atoms with van der Waals surface area (Å²) in [5.41, 5.74) is 0. The minimum absolute atomic E-state index is 0.168. The van der Waals surface area contributed by atoms with E-state index >= 15 is 0 Å². The van der Waals surface area contributed by atoms with Gasteiger partial charge in [-0.15, -0.1) is 0 Å². The van der Waals surface area contributed by atoms with E-state index in [1.54, 1.807) is 13.2 Å². The lowest BCUT2D eigenvalue weighted by Crippen LogP contribution is -2.45. The minimum Gasteiger partial charge on any atom is -0.343 e. The molecule has 1 amide bonds. The number of hydrogen-bond acceptors (Lipinski definition) is 3. The molecule has 0 aromatic rings. The summed E-state index contributed by atoms with van der Waals surface area (Å²) in [6.45, 7) is 6.10. The Balaban J connectivity index is 2.22. The number of rotatable bonds is 4. The molecule has 94 valence electrons. The molecule has 16 heavy (non-hydrogen) atoms. The number of nitrogens with zero attached hydrogens (tertiary/aromatic N) is 1. The van der Waals surface area contributed by atoms with Crippen LogP contribution in [0.3, 0.4) is 0 Å². The van der Waals surface area contributed by atoms with Gasteiger partial charge in [0, 0.05) is 54.9 Å². The summed E-state index contributed by atoms with van der Waals surface area (Å²) in [6.07, 6.45) is 3.75. The molecule has 1 fully saturated rings. The fourth-order valence-corrected chi connectivity index (χ4v) is 2.18. The van der Waals surface area contributed by atoms with Crippen LogP contribution in [0.5, 0.6) is 0 Å². The summed E-state index contributed by atoms with van der Waals surface area (Å²) in [4.78, 5) is 13.0. The first-order chi connectivity index (χ1) is 7.50. The fraction of sp³-hybridized carbons (Fsp3) is 0.909. The van der Waals surface area contributed by atoms with Crippen molar-refractivity contribution < 1.29 is 9.00 Å². The van der Waals surface area contributed by atoms with Gasteiger partial charge in [-0.05, 0) is 19.8 Å². The molecule has 2 unspecified atom stereocenters. The Morgan fingerprint density at radius 2 is 2.06 bits per heavy atom. The van der Waals surface area contributed by atoms with Gasteiger partial charge < -0.3 is 10.2 Å². The van der Waals surface area contributed by atoms with Crippen LogP contribution in [0.25, 0.3) is 0 Å². The highest BCUT2D eigenvalue weighted by Crippen LogP contribution is 2.10.